The first-order chi connectivity index (χ1) is 19.7. The Morgan fingerprint density at radius 1 is 1.07 bits per heavy atom. The Balaban J connectivity index is 1.30. The van der Waals surface area contributed by atoms with E-state index in [0.29, 0.717) is 30.7 Å². The number of benzene rings is 1. The summed E-state index contributed by atoms with van der Waals surface area (Å²) in [6.07, 6.45) is 3.36. The number of thiazole rings is 1. The second kappa shape index (κ2) is 11.0. The average molecular weight is 579 g/mol. The second-order valence-corrected chi connectivity index (χ2v) is 13.1. The Morgan fingerprint density at radius 2 is 1.88 bits per heavy atom. The van der Waals surface area contributed by atoms with Crippen molar-refractivity contribution < 1.29 is 19.1 Å². The molecule has 0 radical (unpaired) electrons. The van der Waals surface area contributed by atoms with Gasteiger partial charge in [-0.25, -0.2) is 19.6 Å². The molecular weight excluding hydrogens is 540 g/mol. The molecule has 218 valence electrons. The van der Waals surface area contributed by atoms with Crippen molar-refractivity contribution in [3.8, 4) is 10.6 Å². The van der Waals surface area contributed by atoms with Gasteiger partial charge in [0.2, 0.25) is 0 Å². The van der Waals surface area contributed by atoms with Crippen molar-refractivity contribution in [1.29, 1.82) is 0 Å². The van der Waals surface area contributed by atoms with Gasteiger partial charge in [0, 0.05) is 62.2 Å². The second-order valence-electron chi connectivity index (χ2n) is 12.1. The molecule has 3 aromatic rings. The van der Waals surface area contributed by atoms with Crippen LogP contribution in [0.4, 0.5) is 26.1 Å². The van der Waals surface area contributed by atoms with Gasteiger partial charge < -0.3 is 24.2 Å². The van der Waals surface area contributed by atoms with Crippen LogP contribution in [0.3, 0.4) is 0 Å². The molecule has 2 unspecified atom stereocenters. The van der Waals surface area contributed by atoms with E-state index in [4.69, 9.17) is 14.5 Å². The number of nitrogens with one attached hydrogen (secondary N) is 1. The molecule has 2 amide bonds. The predicted molar refractivity (Wildman–Crippen MR) is 162 cm³/mol. The molecule has 0 bridgehead atoms. The predicted octanol–water partition coefficient (Wildman–Crippen LogP) is 5.83. The number of piperidine rings is 1. The molecule has 41 heavy (non-hydrogen) atoms. The van der Waals surface area contributed by atoms with Crippen molar-refractivity contribution in [3.63, 3.8) is 0 Å². The summed E-state index contributed by atoms with van der Waals surface area (Å²) >= 11 is 1.67. The molecule has 2 atom stereocenters. The van der Waals surface area contributed by atoms with Crippen molar-refractivity contribution in [1.82, 2.24) is 14.9 Å². The van der Waals surface area contributed by atoms with E-state index in [2.05, 4.69) is 26.2 Å². The largest absolute Gasteiger partial charge is 0.450 e. The molecule has 3 fully saturated rings. The van der Waals surface area contributed by atoms with E-state index in [1.54, 1.807) is 18.3 Å². The number of amides is 2. The number of carbonyl (C=O) groups is 2. The summed E-state index contributed by atoms with van der Waals surface area (Å²) in [6.45, 7) is 13.1. The van der Waals surface area contributed by atoms with E-state index in [-0.39, 0.29) is 6.09 Å². The van der Waals surface area contributed by atoms with Gasteiger partial charge in [-0.1, -0.05) is 11.3 Å². The third-order valence-electron chi connectivity index (χ3n) is 7.98. The smallest absolute Gasteiger partial charge is 0.411 e. The number of hydrogen-bond donors (Lipinski definition) is 1. The first kappa shape index (κ1) is 27.6. The lowest BCUT2D eigenvalue weighted by Gasteiger charge is -2.35. The summed E-state index contributed by atoms with van der Waals surface area (Å²) in [6, 6.07) is 8.00. The molecule has 5 heterocycles. The molecule has 0 saturated carbocycles. The van der Waals surface area contributed by atoms with Crippen LogP contribution >= 0.6 is 11.3 Å². The number of aromatic nitrogens is 2. The van der Waals surface area contributed by atoms with Crippen LogP contribution in [-0.2, 0) is 9.47 Å². The first-order valence-corrected chi connectivity index (χ1v) is 15.3. The fraction of sp³-hybridized carbons (Fsp3) is 0.533. The standard InChI is InChI=1S/C30H38N6O4S/c1-5-39-28(37)32-21-7-8-22-23(13-21)33-24(26-15-31-27(41-26)34-10-6-11-34)14-25(22)36-16-19-9-12-35(17-20(19)18-36)29(38)40-30(2,3)4/h7-8,13-15,19-20H,5-6,9-12,16-18H2,1-4H3,(H,32,37). The molecule has 0 spiro atoms. The monoisotopic (exact) mass is 578 g/mol. The molecular formula is C30H38N6O4S. The maximum Gasteiger partial charge on any atom is 0.411 e. The van der Waals surface area contributed by atoms with Gasteiger partial charge in [-0.05, 0) is 76.6 Å². The maximum atomic E-state index is 12.8. The number of fused-ring (bicyclic) bond motifs is 2. The van der Waals surface area contributed by atoms with E-state index >= 15 is 0 Å². The molecule has 6 rings (SSSR count). The normalized spacial score (nSPS) is 20.5. The molecule has 1 aromatic carbocycles. The number of rotatable bonds is 5. The van der Waals surface area contributed by atoms with E-state index in [1.165, 1.54) is 6.42 Å². The lowest BCUT2D eigenvalue weighted by atomic mass is 9.89. The molecule has 11 heteroatoms. The number of nitrogens with zero attached hydrogens (tertiary/aromatic N) is 5. The topological polar surface area (TPSA) is 100 Å². The third kappa shape index (κ3) is 5.91. The summed E-state index contributed by atoms with van der Waals surface area (Å²) < 4.78 is 10.7. The van der Waals surface area contributed by atoms with Gasteiger partial charge in [-0.2, -0.15) is 0 Å². The highest BCUT2D eigenvalue weighted by Gasteiger charge is 2.40. The highest BCUT2D eigenvalue weighted by Crippen LogP contribution is 2.41. The minimum Gasteiger partial charge on any atom is -0.450 e. The number of hydrogen-bond acceptors (Lipinski definition) is 9. The summed E-state index contributed by atoms with van der Waals surface area (Å²) in [5.74, 6) is 0.876. The van der Waals surface area contributed by atoms with Crippen molar-refractivity contribution >= 4 is 50.9 Å². The summed E-state index contributed by atoms with van der Waals surface area (Å²) in [5.41, 5.74) is 2.92. The first-order valence-electron chi connectivity index (χ1n) is 14.5. The summed E-state index contributed by atoms with van der Waals surface area (Å²) in [7, 11) is 0. The van der Waals surface area contributed by atoms with Gasteiger partial charge in [-0.3, -0.25) is 5.32 Å². The van der Waals surface area contributed by atoms with Gasteiger partial charge in [0.15, 0.2) is 5.13 Å². The van der Waals surface area contributed by atoms with Gasteiger partial charge in [0.25, 0.3) is 0 Å². The fourth-order valence-electron chi connectivity index (χ4n) is 5.86. The third-order valence-corrected chi connectivity index (χ3v) is 9.06. The zero-order valence-corrected chi connectivity index (χ0v) is 25.0. The van der Waals surface area contributed by atoms with Crippen LogP contribution < -0.4 is 15.1 Å². The Hall–Kier alpha value is -3.60. The Bertz CT molecular complexity index is 1450. The zero-order valence-electron chi connectivity index (χ0n) is 24.2. The van der Waals surface area contributed by atoms with Crippen LogP contribution in [0, 0.1) is 11.8 Å². The highest BCUT2D eigenvalue weighted by molar-refractivity contribution is 7.18. The summed E-state index contributed by atoms with van der Waals surface area (Å²) in [4.78, 5) is 42.2. The lowest BCUT2D eigenvalue weighted by Crippen LogP contribution is -2.45. The van der Waals surface area contributed by atoms with Crippen LogP contribution in [0.5, 0.6) is 0 Å². The Morgan fingerprint density at radius 3 is 2.61 bits per heavy atom. The minimum atomic E-state index is -0.505. The SMILES string of the molecule is CCOC(=O)Nc1ccc2c(N3CC4CCN(C(=O)OC(C)(C)C)CC4C3)cc(-c3cnc(N4CCC4)s3)nc2c1. The van der Waals surface area contributed by atoms with Crippen LogP contribution in [0.15, 0.2) is 30.5 Å². The van der Waals surface area contributed by atoms with E-state index in [9.17, 15) is 9.59 Å². The average Bonchev–Trinajstić information content (AvgIpc) is 3.53. The Kier molecular flexibility index (Phi) is 7.39. The van der Waals surface area contributed by atoms with E-state index in [1.807, 2.05) is 50.1 Å². The Labute approximate surface area is 244 Å². The molecule has 3 aliphatic rings. The van der Waals surface area contributed by atoms with E-state index < -0.39 is 11.7 Å². The van der Waals surface area contributed by atoms with Crippen molar-refractivity contribution in [2.75, 3.05) is 61.0 Å². The minimum absolute atomic E-state index is 0.226. The molecule has 10 nitrogen and oxygen atoms in total. The quantitative estimate of drug-likeness (QED) is 0.404. The highest BCUT2D eigenvalue weighted by atomic mass is 32.1. The van der Waals surface area contributed by atoms with Crippen LogP contribution in [0.25, 0.3) is 21.5 Å². The van der Waals surface area contributed by atoms with Crippen molar-refractivity contribution in [2.24, 2.45) is 11.8 Å². The van der Waals surface area contributed by atoms with Crippen LogP contribution in [-0.4, -0.2) is 78.5 Å². The molecule has 3 saturated heterocycles. The zero-order chi connectivity index (χ0) is 28.7. The number of carbonyl (C=O) groups excluding carboxylic acids is 2. The lowest BCUT2D eigenvalue weighted by molar-refractivity contribution is 0.0140. The maximum absolute atomic E-state index is 12.8. The fourth-order valence-corrected chi connectivity index (χ4v) is 6.78. The molecule has 1 N–H and O–H groups in total. The van der Waals surface area contributed by atoms with Crippen molar-refractivity contribution in [2.45, 2.75) is 46.1 Å². The van der Waals surface area contributed by atoms with E-state index in [0.717, 1.165) is 71.4 Å². The van der Waals surface area contributed by atoms with Crippen molar-refractivity contribution in [3.05, 3.63) is 30.5 Å². The van der Waals surface area contributed by atoms with Gasteiger partial charge in [0.05, 0.1) is 22.7 Å². The van der Waals surface area contributed by atoms with Gasteiger partial charge >= 0.3 is 12.2 Å². The number of likely N-dealkylation sites (tertiary alicyclic amines) is 1. The van der Waals surface area contributed by atoms with Gasteiger partial charge in [0.1, 0.15) is 5.60 Å². The summed E-state index contributed by atoms with van der Waals surface area (Å²) in [5, 5.41) is 4.86. The number of ether oxygens (including phenoxy) is 2. The molecule has 2 aromatic heterocycles. The molecule has 0 aliphatic carbocycles. The molecule has 3 aliphatic heterocycles. The van der Waals surface area contributed by atoms with Crippen LogP contribution in [0.2, 0.25) is 0 Å². The van der Waals surface area contributed by atoms with Crippen LogP contribution in [0.1, 0.15) is 40.5 Å². The van der Waals surface area contributed by atoms with Gasteiger partial charge in [-0.15, -0.1) is 0 Å². The number of pyridine rings is 1. The number of anilines is 3.